The van der Waals surface area contributed by atoms with Gasteiger partial charge in [-0.25, -0.2) is 0 Å². The maximum Gasteiger partial charge on any atom is 0.0440 e. The Labute approximate surface area is 116 Å². The molecule has 1 fully saturated rings. The van der Waals surface area contributed by atoms with E-state index >= 15 is 0 Å². The van der Waals surface area contributed by atoms with Crippen LogP contribution in [0.1, 0.15) is 57.4 Å². The highest BCUT2D eigenvalue weighted by molar-refractivity contribution is 6.31. The summed E-state index contributed by atoms with van der Waals surface area (Å²) in [6.07, 6.45) is 6.28. The lowest BCUT2D eigenvalue weighted by Gasteiger charge is -2.39. The largest absolute Gasteiger partial charge is 0.311 e. The molecule has 2 heteroatoms. The Morgan fingerprint density at radius 1 is 1.28 bits per heavy atom. The Morgan fingerprint density at radius 3 is 2.61 bits per heavy atom. The Balaban J connectivity index is 1.82. The summed E-state index contributed by atoms with van der Waals surface area (Å²) in [6, 6.07) is 9.67. The van der Waals surface area contributed by atoms with Gasteiger partial charge in [0.25, 0.3) is 0 Å². The van der Waals surface area contributed by atoms with E-state index in [1.54, 1.807) is 0 Å². The summed E-state index contributed by atoms with van der Waals surface area (Å²) >= 11 is 6.24. The van der Waals surface area contributed by atoms with Gasteiger partial charge in [-0.3, -0.25) is 0 Å². The molecule has 0 bridgehead atoms. The van der Waals surface area contributed by atoms with E-state index in [0.717, 1.165) is 5.02 Å². The molecule has 1 atom stereocenters. The Morgan fingerprint density at radius 2 is 2.00 bits per heavy atom. The maximum atomic E-state index is 6.24. The molecule has 1 N–H and O–H groups in total. The molecule has 0 saturated heterocycles. The van der Waals surface area contributed by atoms with Crippen LogP contribution in [0.2, 0.25) is 5.02 Å². The monoisotopic (exact) mass is 265 g/mol. The minimum Gasteiger partial charge on any atom is -0.311 e. The molecule has 0 radical (unpaired) electrons. The predicted octanol–water partition coefficient (Wildman–Crippen LogP) is 4.75. The molecule has 2 rings (SSSR count). The van der Waals surface area contributed by atoms with Crippen molar-refractivity contribution in [1.82, 2.24) is 5.32 Å². The second kappa shape index (κ2) is 6.58. The average molecular weight is 266 g/mol. The minimum absolute atomic E-state index is 0.662. The molecule has 0 aliphatic heterocycles. The molecular weight excluding hydrogens is 242 g/mol. The van der Waals surface area contributed by atoms with E-state index < -0.39 is 0 Å². The second-order valence-corrected chi connectivity index (χ2v) is 5.85. The lowest BCUT2D eigenvalue weighted by atomic mass is 9.75. The van der Waals surface area contributed by atoms with Crippen molar-refractivity contribution in [3.05, 3.63) is 34.9 Å². The third kappa shape index (κ3) is 3.27. The van der Waals surface area contributed by atoms with Crippen molar-refractivity contribution in [3.63, 3.8) is 0 Å². The zero-order chi connectivity index (χ0) is 13.0. The van der Waals surface area contributed by atoms with E-state index in [1.807, 2.05) is 12.1 Å². The van der Waals surface area contributed by atoms with Crippen LogP contribution in [0.5, 0.6) is 0 Å². The number of benzene rings is 1. The molecule has 1 saturated carbocycles. The van der Waals surface area contributed by atoms with E-state index in [9.17, 15) is 0 Å². The van der Waals surface area contributed by atoms with Crippen molar-refractivity contribution in [2.75, 3.05) is 0 Å². The van der Waals surface area contributed by atoms with Crippen LogP contribution < -0.4 is 5.32 Å². The summed E-state index contributed by atoms with van der Waals surface area (Å²) in [5, 5.41) is 4.71. The fourth-order valence-electron chi connectivity index (χ4n) is 2.90. The summed E-state index contributed by atoms with van der Waals surface area (Å²) in [5.41, 5.74) is 1.33. The Hall–Kier alpha value is -0.530. The van der Waals surface area contributed by atoms with Gasteiger partial charge in [0.2, 0.25) is 0 Å². The lowest BCUT2D eigenvalue weighted by molar-refractivity contribution is 0.255. The third-order valence-electron chi connectivity index (χ3n) is 4.08. The first-order valence-corrected chi connectivity index (χ1v) is 7.62. The summed E-state index contributed by atoms with van der Waals surface area (Å²) < 4.78 is 0. The maximum absolute atomic E-state index is 6.24. The number of hydrogen-bond acceptors (Lipinski definition) is 1. The molecule has 0 spiro atoms. The van der Waals surface area contributed by atoms with Crippen LogP contribution in [0.15, 0.2) is 24.3 Å². The molecule has 1 aliphatic carbocycles. The van der Waals surface area contributed by atoms with Gasteiger partial charge < -0.3 is 5.32 Å². The van der Waals surface area contributed by atoms with Crippen molar-refractivity contribution in [2.24, 2.45) is 0 Å². The SMILES string of the molecule is CCCC(CC)NC1CC(c2ccccc2Cl)C1. The molecule has 0 amide bonds. The van der Waals surface area contributed by atoms with E-state index in [-0.39, 0.29) is 0 Å². The molecule has 0 heterocycles. The first-order chi connectivity index (χ1) is 8.74. The zero-order valence-electron chi connectivity index (χ0n) is 11.5. The summed E-state index contributed by atoms with van der Waals surface area (Å²) in [7, 11) is 0. The van der Waals surface area contributed by atoms with E-state index in [2.05, 4.69) is 31.3 Å². The van der Waals surface area contributed by atoms with E-state index in [0.29, 0.717) is 18.0 Å². The standard InChI is InChI=1S/C16H24ClN/c1-3-7-13(4-2)18-14-10-12(11-14)15-8-5-6-9-16(15)17/h5-6,8-9,12-14,18H,3-4,7,10-11H2,1-2H3. The fraction of sp³-hybridized carbons (Fsp3) is 0.625. The van der Waals surface area contributed by atoms with Gasteiger partial charge in [-0.2, -0.15) is 0 Å². The number of nitrogens with one attached hydrogen (secondary N) is 1. The molecule has 1 nitrogen and oxygen atoms in total. The van der Waals surface area contributed by atoms with Gasteiger partial charge in [0.05, 0.1) is 0 Å². The van der Waals surface area contributed by atoms with Crippen LogP contribution in [0.3, 0.4) is 0 Å². The van der Waals surface area contributed by atoms with Gasteiger partial charge in [0.1, 0.15) is 0 Å². The molecule has 0 aromatic heterocycles. The van der Waals surface area contributed by atoms with Crippen LogP contribution in [0.4, 0.5) is 0 Å². The molecule has 18 heavy (non-hydrogen) atoms. The van der Waals surface area contributed by atoms with Crippen LogP contribution >= 0.6 is 11.6 Å². The molecular formula is C16H24ClN. The quantitative estimate of drug-likeness (QED) is 0.782. The normalized spacial score (nSPS) is 24.6. The topological polar surface area (TPSA) is 12.0 Å². The average Bonchev–Trinajstić information content (AvgIpc) is 2.33. The van der Waals surface area contributed by atoms with Crippen molar-refractivity contribution < 1.29 is 0 Å². The predicted molar refractivity (Wildman–Crippen MR) is 79.3 cm³/mol. The van der Waals surface area contributed by atoms with Gasteiger partial charge in [-0.05, 0) is 43.2 Å². The van der Waals surface area contributed by atoms with Gasteiger partial charge >= 0.3 is 0 Å². The summed E-state index contributed by atoms with van der Waals surface area (Å²) in [5.74, 6) is 0.662. The second-order valence-electron chi connectivity index (χ2n) is 5.45. The number of rotatable bonds is 6. The van der Waals surface area contributed by atoms with Crippen molar-refractivity contribution in [3.8, 4) is 0 Å². The van der Waals surface area contributed by atoms with Crippen LogP contribution in [0.25, 0.3) is 0 Å². The van der Waals surface area contributed by atoms with Gasteiger partial charge in [0, 0.05) is 17.1 Å². The van der Waals surface area contributed by atoms with Crippen LogP contribution in [0, 0.1) is 0 Å². The zero-order valence-corrected chi connectivity index (χ0v) is 12.2. The van der Waals surface area contributed by atoms with Crippen molar-refractivity contribution in [2.45, 2.75) is 64.0 Å². The number of hydrogen-bond donors (Lipinski definition) is 1. The van der Waals surface area contributed by atoms with E-state index in [1.165, 1.54) is 37.7 Å². The first kappa shape index (κ1) is 13.9. The van der Waals surface area contributed by atoms with Crippen LogP contribution in [-0.2, 0) is 0 Å². The smallest absolute Gasteiger partial charge is 0.0440 e. The third-order valence-corrected chi connectivity index (χ3v) is 4.43. The summed E-state index contributed by atoms with van der Waals surface area (Å²) in [6.45, 7) is 4.54. The lowest BCUT2D eigenvalue weighted by Crippen LogP contribution is -2.45. The molecule has 1 aromatic carbocycles. The van der Waals surface area contributed by atoms with Gasteiger partial charge in [-0.15, -0.1) is 0 Å². The van der Waals surface area contributed by atoms with E-state index in [4.69, 9.17) is 11.6 Å². The fourth-order valence-corrected chi connectivity index (χ4v) is 3.19. The Kier molecular flexibility index (Phi) is 5.08. The highest BCUT2D eigenvalue weighted by atomic mass is 35.5. The Bertz CT molecular complexity index is 371. The van der Waals surface area contributed by atoms with Crippen molar-refractivity contribution >= 4 is 11.6 Å². The highest BCUT2D eigenvalue weighted by Crippen LogP contribution is 2.40. The summed E-state index contributed by atoms with van der Waals surface area (Å²) in [4.78, 5) is 0. The van der Waals surface area contributed by atoms with Gasteiger partial charge in [0.15, 0.2) is 0 Å². The van der Waals surface area contributed by atoms with Gasteiger partial charge in [-0.1, -0.05) is 50.1 Å². The minimum atomic E-state index is 0.662. The molecule has 1 aliphatic rings. The first-order valence-electron chi connectivity index (χ1n) is 7.25. The molecule has 1 aromatic rings. The number of halogens is 1. The molecule has 1 unspecified atom stereocenters. The molecule has 100 valence electrons. The highest BCUT2D eigenvalue weighted by Gasteiger charge is 2.32. The van der Waals surface area contributed by atoms with Crippen molar-refractivity contribution in [1.29, 1.82) is 0 Å². The van der Waals surface area contributed by atoms with Crippen LogP contribution in [-0.4, -0.2) is 12.1 Å².